The fourth-order valence-corrected chi connectivity index (χ4v) is 10.3. The second kappa shape index (κ2) is 12.7. The van der Waals surface area contributed by atoms with E-state index in [-0.39, 0.29) is 0 Å². The molecule has 3 aromatic heterocycles. The molecule has 0 spiro atoms. The smallest absolute Gasteiger partial charge is 0.0547 e. The Labute approximate surface area is 333 Å². The molecular formula is C54H34N2S. The van der Waals surface area contributed by atoms with E-state index in [9.17, 15) is 0 Å². The number of rotatable bonds is 5. The van der Waals surface area contributed by atoms with Crippen molar-refractivity contribution >= 4 is 75.1 Å². The molecule has 0 N–H and O–H groups in total. The maximum atomic E-state index is 2.41. The van der Waals surface area contributed by atoms with Gasteiger partial charge in [-0.15, -0.1) is 11.3 Å². The maximum absolute atomic E-state index is 2.41. The molecule has 0 saturated heterocycles. The van der Waals surface area contributed by atoms with Crippen molar-refractivity contribution in [3.63, 3.8) is 0 Å². The zero-order valence-corrected chi connectivity index (χ0v) is 31.7. The Hall–Kier alpha value is -7.20. The molecule has 266 valence electrons. The molecule has 2 nitrogen and oxygen atoms in total. The summed E-state index contributed by atoms with van der Waals surface area (Å²) < 4.78 is 7.47. The quantitative estimate of drug-likeness (QED) is 0.166. The van der Waals surface area contributed by atoms with Crippen LogP contribution in [0.5, 0.6) is 0 Å². The molecule has 0 saturated carbocycles. The molecule has 0 aliphatic rings. The molecule has 0 unspecified atom stereocenters. The second-order valence-electron chi connectivity index (χ2n) is 14.9. The minimum absolute atomic E-state index is 1.16. The summed E-state index contributed by atoms with van der Waals surface area (Å²) in [5.41, 5.74) is 14.5. The highest BCUT2D eigenvalue weighted by atomic mass is 32.1. The molecular weight excluding hydrogens is 709 g/mol. The van der Waals surface area contributed by atoms with Crippen molar-refractivity contribution in [1.29, 1.82) is 0 Å². The summed E-state index contributed by atoms with van der Waals surface area (Å²) in [6, 6.07) is 75.6. The first-order chi connectivity index (χ1) is 28.3. The lowest BCUT2D eigenvalue weighted by atomic mass is 9.98. The first kappa shape index (κ1) is 32.1. The van der Waals surface area contributed by atoms with E-state index in [2.05, 4.69) is 215 Å². The number of benzene rings is 9. The first-order valence-corrected chi connectivity index (χ1v) is 20.3. The fourth-order valence-electron chi connectivity index (χ4n) is 9.06. The van der Waals surface area contributed by atoms with Gasteiger partial charge in [-0.05, 0) is 94.0 Å². The third kappa shape index (κ3) is 5.03. The van der Waals surface area contributed by atoms with E-state index < -0.39 is 0 Å². The molecule has 0 atom stereocenters. The SMILES string of the molecule is c1ccc(-n2c3ccccc3c3ccc(-c4ccc(-c5ccc6c(c5)c5ccccc5n6-c5ccc(-c6cccc7c6sc6ccccc67)cc5)cc4)cc32)cc1. The molecule has 3 heteroatoms. The van der Waals surface area contributed by atoms with E-state index in [1.165, 1.54) is 103 Å². The van der Waals surface area contributed by atoms with Crippen LogP contribution in [-0.2, 0) is 0 Å². The summed E-state index contributed by atoms with van der Waals surface area (Å²) in [6.45, 7) is 0. The van der Waals surface area contributed by atoms with Crippen molar-refractivity contribution in [1.82, 2.24) is 9.13 Å². The van der Waals surface area contributed by atoms with Gasteiger partial charge in [0.25, 0.3) is 0 Å². The minimum atomic E-state index is 1.16. The predicted octanol–water partition coefficient (Wildman–Crippen LogP) is 15.2. The number of hydrogen-bond acceptors (Lipinski definition) is 1. The first-order valence-electron chi connectivity index (χ1n) is 19.5. The van der Waals surface area contributed by atoms with E-state index >= 15 is 0 Å². The van der Waals surface area contributed by atoms with E-state index in [4.69, 9.17) is 0 Å². The number of hydrogen-bond donors (Lipinski definition) is 0. The summed E-state index contributed by atoms with van der Waals surface area (Å²) in [5, 5.41) is 7.71. The number of nitrogens with zero attached hydrogens (tertiary/aromatic N) is 2. The summed E-state index contributed by atoms with van der Waals surface area (Å²) in [4.78, 5) is 0. The zero-order valence-electron chi connectivity index (χ0n) is 30.9. The lowest BCUT2D eigenvalue weighted by molar-refractivity contribution is 1.18. The summed E-state index contributed by atoms with van der Waals surface area (Å²) in [5.74, 6) is 0. The van der Waals surface area contributed by atoms with Gasteiger partial charge < -0.3 is 9.13 Å². The van der Waals surface area contributed by atoms with Gasteiger partial charge in [-0.2, -0.15) is 0 Å². The van der Waals surface area contributed by atoms with Gasteiger partial charge in [0.1, 0.15) is 0 Å². The standard InChI is InChI=1S/C54H34N2S/c1-2-11-40(12-3-1)56-49-18-7-4-13-43(49)45-31-27-39(34-52(45)56)36-23-21-35(22-24-36)38-28-32-51-48(33-38)44-14-5-8-19-50(44)55(51)41-29-25-37(26-30-41)42-16-10-17-47-46-15-6-9-20-53(46)57-54(42)47/h1-34H. The predicted molar refractivity (Wildman–Crippen MR) is 244 cm³/mol. The average Bonchev–Trinajstić information content (AvgIpc) is 3.94. The minimum Gasteiger partial charge on any atom is -0.309 e. The van der Waals surface area contributed by atoms with Crippen LogP contribution < -0.4 is 0 Å². The number of para-hydroxylation sites is 3. The number of fused-ring (bicyclic) bond motifs is 9. The average molecular weight is 743 g/mol. The van der Waals surface area contributed by atoms with Gasteiger partial charge in [0.05, 0.1) is 22.1 Å². The van der Waals surface area contributed by atoms with Crippen molar-refractivity contribution in [2.24, 2.45) is 0 Å². The van der Waals surface area contributed by atoms with Crippen LogP contribution in [0.3, 0.4) is 0 Å². The third-order valence-corrected chi connectivity index (χ3v) is 13.0. The molecule has 0 aliphatic heterocycles. The molecule has 3 heterocycles. The lowest BCUT2D eigenvalue weighted by Gasteiger charge is -2.11. The van der Waals surface area contributed by atoms with E-state index in [1.807, 2.05) is 11.3 Å². The molecule has 0 amide bonds. The Bertz CT molecular complexity index is 3490. The topological polar surface area (TPSA) is 9.86 Å². The van der Waals surface area contributed by atoms with Crippen LogP contribution in [0.4, 0.5) is 0 Å². The Morgan fingerprint density at radius 3 is 1.54 bits per heavy atom. The summed E-state index contributed by atoms with van der Waals surface area (Å²) in [6.07, 6.45) is 0. The van der Waals surface area contributed by atoms with Crippen LogP contribution in [-0.4, -0.2) is 9.13 Å². The van der Waals surface area contributed by atoms with Crippen molar-refractivity contribution < 1.29 is 0 Å². The van der Waals surface area contributed by atoms with Crippen LogP contribution >= 0.6 is 11.3 Å². The maximum Gasteiger partial charge on any atom is 0.0547 e. The van der Waals surface area contributed by atoms with Gasteiger partial charge in [0.15, 0.2) is 0 Å². The van der Waals surface area contributed by atoms with Gasteiger partial charge in [0.2, 0.25) is 0 Å². The number of thiophene rings is 1. The Morgan fingerprint density at radius 1 is 0.281 bits per heavy atom. The van der Waals surface area contributed by atoms with Crippen LogP contribution in [0.1, 0.15) is 0 Å². The second-order valence-corrected chi connectivity index (χ2v) is 16.0. The highest BCUT2D eigenvalue weighted by molar-refractivity contribution is 7.26. The molecule has 0 fully saturated rings. The fraction of sp³-hybridized carbons (Fsp3) is 0. The third-order valence-electron chi connectivity index (χ3n) is 11.8. The lowest BCUT2D eigenvalue weighted by Crippen LogP contribution is -1.93. The largest absolute Gasteiger partial charge is 0.309 e. The van der Waals surface area contributed by atoms with Crippen LogP contribution in [0.15, 0.2) is 206 Å². The molecule has 0 radical (unpaired) electrons. The van der Waals surface area contributed by atoms with Crippen molar-refractivity contribution in [3.8, 4) is 44.8 Å². The molecule has 9 aromatic carbocycles. The van der Waals surface area contributed by atoms with Crippen molar-refractivity contribution in [2.45, 2.75) is 0 Å². The van der Waals surface area contributed by atoms with E-state index in [0.29, 0.717) is 0 Å². The Balaban J connectivity index is 0.907. The van der Waals surface area contributed by atoms with Crippen LogP contribution in [0, 0.1) is 0 Å². The molecule has 12 aromatic rings. The summed E-state index contributed by atoms with van der Waals surface area (Å²) in [7, 11) is 0. The summed E-state index contributed by atoms with van der Waals surface area (Å²) >= 11 is 1.88. The molecule has 0 bridgehead atoms. The van der Waals surface area contributed by atoms with Gasteiger partial charge in [-0.25, -0.2) is 0 Å². The highest BCUT2D eigenvalue weighted by Gasteiger charge is 2.16. The zero-order chi connectivity index (χ0) is 37.5. The molecule has 0 aliphatic carbocycles. The van der Waals surface area contributed by atoms with Crippen molar-refractivity contribution in [3.05, 3.63) is 206 Å². The van der Waals surface area contributed by atoms with E-state index in [0.717, 1.165) is 5.69 Å². The highest BCUT2D eigenvalue weighted by Crippen LogP contribution is 2.41. The van der Waals surface area contributed by atoms with Crippen molar-refractivity contribution in [2.75, 3.05) is 0 Å². The van der Waals surface area contributed by atoms with E-state index in [1.54, 1.807) is 0 Å². The normalized spacial score (nSPS) is 11.9. The molecule has 12 rings (SSSR count). The van der Waals surface area contributed by atoms with Gasteiger partial charge >= 0.3 is 0 Å². The Morgan fingerprint density at radius 2 is 0.789 bits per heavy atom. The van der Waals surface area contributed by atoms with Crippen LogP contribution in [0.2, 0.25) is 0 Å². The molecule has 57 heavy (non-hydrogen) atoms. The van der Waals surface area contributed by atoms with Crippen LogP contribution in [0.25, 0.3) is 109 Å². The van der Waals surface area contributed by atoms with Gasteiger partial charge in [-0.3, -0.25) is 0 Å². The Kier molecular flexibility index (Phi) is 7.13. The van der Waals surface area contributed by atoms with Gasteiger partial charge in [-0.1, -0.05) is 146 Å². The monoisotopic (exact) mass is 742 g/mol. The van der Waals surface area contributed by atoms with Gasteiger partial charge in [0, 0.05) is 53.1 Å². The number of aromatic nitrogens is 2.